The van der Waals surface area contributed by atoms with Gasteiger partial charge in [0.15, 0.2) is 0 Å². The second kappa shape index (κ2) is 6.00. The van der Waals surface area contributed by atoms with Gasteiger partial charge in [-0.1, -0.05) is 19.1 Å². The van der Waals surface area contributed by atoms with Crippen LogP contribution in [0.15, 0.2) is 42.6 Å². The molecule has 2 rings (SSSR count). The molecule has 1 aromatic carbocycles. The second-order valence-corrected chi connectivity index (χ2v) is 4.06. The Morgan fingerprint density at radius 2 is 2.11 bits per heavy atom. The zero-order valence-corrected chi connectivity index (χ0v) is 11.0. The molecule has 0 aliphatic heterocycles. The van der Waals surface area contributed by atoms with E-state index in [0.29, 0.717) is 11.4 Å². The maximum atomic E-state index is 11.5. The number of aryl methyl sites for hydroxylation is 1. The summed E-state index contributed by atoms with van der Waals surface area (Å²) in [6, 6.07) is 11.2. The van der Waals surface area contributed by atoms with E-state index in [0.717, 1.165) is 12.2 Å². The first kappa shape index (κ1) is 13.1. The summed E-state index contributed by atoms with van der Waals surface area (Å²) in [5.74, 6) is 1.13. The molecule has 0 unspecified atom stereocenters. The average Bonchev–Trinajstić information content (AvgIpc) is 2.47. The van der Waals surface area contributed by atoms with Crippen LogP contribution in [0.1, 0.15) is 24.4 Å². The molecule has 1 N–H and O–H groups in total. The van der Waals surface area contributed by atoms with Crippen molar-refractivity contribution in [3.63, 3.8) is 0 Å². The molecule has 1 amide bonds. The van der Waals surface area contributed by atoms with Crippen LogP contribution in [-0.4, -0.2) is 17.9 Å². The molecule has 0 spiro atoms. The van der Waals surface area contributed by atoms with Crippen LogP contribution in [0.25, 0.3) is 0 Å². The molecule has 0 bridgehead atoms. The van der Waals surface area contributed by atoms with Gasteiger partial charge in [0.25, 0.3) is 5.91 Å². The van der Waals surface area contributed by atoms with Crippen molar-refractivity contribution in [2.24, 2.45) is 0 Å². The molecule has 0 saturated carbocycles. The molecule has 0 aliphatic rings. The highest BCUT2D eigenvalue weighted by molar-refractivity contribution is 5.92. The summed E-state index contributed by atoms with van der Waals surface area (Å²) < 4.78 is 5.74. The maximum Gasteiger partial charge on any atom is 0.269 e. The standard InChI is InChI=1S/C15H16N2O2.H2/c1-3-11-5-4-6-12(9-11)19-13-7-8-17-14(10-13)15(18)16-2;/h4-10H,3H2,1-2H3,(H,16,18);1H. The van der Waals surface area contributed by atoms with Crippen LogP contribution >= 0.6 is 0 Å². The van der Waals surface area contributed by atoms with Gasteiger partial charge in [-0.2, -0.15) is 0 Å². The number of ether oxygens (including phenoxy) is 1. The van der Waals surface area contributed by atoms with Gasteiger partial charge in [0.1, 0.15) is 17.2 Å². The molecule has 100 valence electrons. The number of carbonyl (C=O) groups is 1. The number of rotatable bonds is 4. The lowest BCUT2D eigenvalue weighted by atomic mass is 10.2. The van der Waals surface area contributed by atoms with Crippen LogP contribution < -0.4 is 10.1 Å². The molecule has 1 aromatic heterocycles. The Bertz CT molecular complexity index is 588. The molecule has 0 atom stereocenters. The minimum Gasteiger partial charge on any atom is -0.457 e. The van der Waals surface area contributed by atoms with Gasteiger partial charge < -0.3 is 10.1 Å². The Morgan fingerprint density at radius 3 is 2.84 bits per heavy atom. The molecule has 2 aromatic rings. The smallest absolute Gasteiger partial charge is 0.269 e. The SMILES string of the molecule is CCc1cccc(Oc2ccnc(C(=O)NC)c2)c1.[HH]. The third kappa shape index (κ3) is 3.31. The lowest BCUT2D eigenvalue weighted by molar-refractivity contribution is 0.0958. The van der Waals surface area contributed by atoms with Gasteiger partial charge in [0.2, 0.25) is 0 Å². The largest absolute Gasteiger partial charge is 0.457 e. The highest BCUT2D eigenvalue weighted by atomic mass is 16.5. The first-order valence-corrected chi connectivity index (χ1v) is 6.18. The van der Waals surface area contributed by atoms with Gasteiger partial charge in [0.05, 0.1) is 0 Å². The van der Waals surface area contributed by atoms with Crippen LogP contribution in [0.3, 0.4) is 0 Å². The lowest BCUT2D eigenvalue weighted by Gasteiger charge is -2.07. The van der Waals surface area contributed by atoms with Crippen molar-refractivity contribution in [3.05, 3.63) is 53.9 Å². The molecule has 0 radical (unpaired) electrons. The minimum atomic E-state index is -0.229. The highest BCUT2D eigenvalue weighted by Gasteiger charge is 2.06. The summed E-state index contributed by atoms with van der Waals surface area (Å²) in [5, 5.41) is 2.53. The molecule has 19 heavy (non-hydrogen) atoms. The number of aromatic nitrogens is 1. The lowest BCUT2D eigenvalue weighted by Crippen LogP contribution is -2.18. The normalized spacial score (nSPS) is 10.0. The van der Waals surface area contributed by atoms with Crippen LogP contribution in [0.5, 0.6) is 11.5 Å². The number of carbonyl (C=O) groups excluding carboxylic acids is 1. The second-order valence-electron chi connectivity index (χ2n) is 4.06. The van der Waals surface area contributed by atoms with Crippen molar-refractivity contribution in [1.82, 2.24) is 10.3 Å². The number of pyridine rings is 1. The first-order valence-electron chi connectivity index (χ1n) is 6.18. The number of hydrogen-bond donors (Lipinski definition) is 1. The molecular weight excluding hydrogens is 240 g/mol. The van der Waals surface area contributed by atoms with Gasteiger partial charge in [-0.05, 0) is 30.2 Å². The Morgan fingerprint density at radius 1 is 1.32 bits per heavy atom. The summed E-state index contributed by atoms with van der Waals surface area (Å²) in [5.41, 5.74) is 1.55. The Labute approximate surface area is 113 Å². The van der Waals surface area contributed by atoms with Gasteiger partial charge in [-0.25, -0.2) is 0 Å². The summed E-state index contributed by atoms with van der Waals surface area (Å²) in [4.78, 5) is 15.5. The fourth-order valence-electron chi connectivity index (χ4n) is 1.69. The fourth-order valence-corrected chi connectivity index (χ4v) is 1.69. The number of nitrogens with zero attached hydrogens (tertiary/aromatic N) is 1. The van der Waals surface area contributed by atoms with Gasteiger partial charge in [-0.15, -0.1) is 0 Å². The Kier molecular flexibility index (Phi) is 4.13. The molecule has 1 heterocycles. The van der Waals surface area contributed by atoms with Crippen LogP contribution in [0.2, 0.25) is 0 Å². The minimum absolute atomic E-state index is 0. The van der Waals surface area contributed by atoms with Crippen molar-refractivity contribution < 1.29 is 11.0 Å². The summed E-state index contributed by atoms with van der Waals surface area (Å²) in [6.45, 7) is 2.09. The quantitative estimate of drug-likeness (QED) is 0.917. The molecule has 0 saturated heterocycles. The van der Waals surface area contributed by atoms with Crippen molar-refractivity contribution in [1.29, 1.82) is 0 Å². The Hall–Kier alpha value is -2.36. The van der Waals surface area contributed by atoms with E-state index in [1.54, 1.807) is 25.4 Å². The highest BCUT2D eigenvalue weighted by Crippen LogP contribution is 2.22. The van der Waals surface area contributed by atoms with Crippen molar-refractivity contribution in [3.8, 4) is 11.5 Å². The average molecular weight is 258 g/mol. The molecule has 4 nitrogen and oxygen atoms in total. The van der Waals surface area contributed by atoms with E-state index in [1.807, 2.05) is 18.2 Å². The molecule has 0 aliphatic carbocycles. The van der Waals surface area contributed by atoms with E-state index >= 15 is 0 Å². The van der Waals surface area contributed by atoms with E-state index in [9.17, 15) is 4.79 Å². The van der Waals surface area contributed by atoms with Gasteiger partial charge >= 0.3 is 0 Å². The van der Waals surface area contributed by atoms with Crippen LogP contribution in [0.4, 0.5) is 0 Å². The number of nitrogens with one attached hydrogen (secondary N) is 1. The third-order valence-corrected chi connectivity index (χ3v) is 2.73. The third-order valence-electron chi connectivity index (χ3n) is 2.73. The predicted molar refractivity (Wildman–Crippen MR) is 75.6 cm³/mol. The summed E-state index contributed by atoms with van der Waals surface area (Å²) >= 11 is 0. The van der Waals surface area contributed by atoms with Crippen LogP contribution in [0, 0.1) is 0 Å². The zero-order chi connectivity index (χ0) is 13.7. The van der Waals surface area contributed by atoms with Crippen molar-refractivity contribution in [2.45, 2.75) is 13.3 Å². The number of amides is 1. The maximum absolute atomic E-state index is 11.5. The molecule has 4 heteroatoms. The van der Waals surface area contributed by atoms with Crippen molar-refractivity contribution >= 4 is 5.91 Å². The van der Waals surface area contributed by atoms with E-state index < -0.39 is 0 Å². The molecular formula is C15H18N2O2. The Balaban J connectivity index is 0.00000200. The fraction of sp³-hybridized carbons (Fsp3) is 0.200. The van der Waals surface area contributed by atoms with Crippen LogP contribution in [-0.2, 0) is 6.42 Å². The summed E-state index contributed by atoms with van der Waals surface area (Å²) in [7, 11) is 1.57. The predicted octanol–water partition coefficient (Wildman–Crippen LogP) is 3.04. The monoisotopic (exact) mass is 258 g/mol. The molecule has 0 fully saturated rings. The summed E-state index contributed by atoms with van der Waals surface area (Å²) in [6.07, 6.45) is 2.51. The first-order chi connectivity index (χ1) is 9.22. The zero-order valence-electron chi connectivity index (χ0n) is 11.0. The number of benzene rings is 1. The topological polar surface area (TPSA) is 51.2 Å². The van der Waals surface area contributed by atoms with E-state index in [1.165, 1.54) is 5.56 Å². The van der Waals surface area contributed by atoms with E-state index in [-0.39, 0.29) is 7.33 Å². The van der Waals surface area contributed by atoms with Crippen molar-refractivity contribution in [2.75, 3.05) is 7.05 Å². The van der Waals surface area contributed by atoms with E-state index in [4.69, 9.17) is 4.74 Å². The van der Waals surface area contributed by atoms with Gasteiger partial charge in [-0.3, -0.25) is 9.78 Å². The van der Waals surface area contributed by atoms with Gasteiger partial charge in [0, 0.05) is 20.7 Å². The van der Waals surface area contributed by atoms with E-state index in [2.05, 4.69) is 23.3 Å². The number of hydrogen-bond acceptors (Lipinski definition) is 3.